The molecule has 0 aromatic carbocycles. The molecule has 3 atom stereocenters. The molecule has 0 aliphatic heterocycles. The lowest BCUT2D eigenvalue weighted by molar-refractivity contribution is -0.139. The van der Waals surface area contributed by atoms with Crippen LogP contribution in [0.3, 0.4) is 0 Å². The third kappa shape index (κ3) is 8.81. The summed E-state index contributed by atoms with van der Waals surface area (Å²) in [5.41, 5.74) is 10.3. The third-order valence-corrected chi connectivity index (χ3v) is 7.20. The molecule has 18 heavy (non-hydrogen) atoms. The van der Waals surface area contributed by atoms with E-state index >= 15 is 0 Å². The van der Waals surface area contributed by atoms with Gasteiger partial charge in [0.15, 0.2) is 0 Å². The number of thiol groups is 2. The maximum absolute atomic E-state index is 10.4. The Balaban J connectivity index is 0. The summed E-state index contributed by atoms with van der Waals surface area (Å²) >= 11 is 7.85. The van der Waals surface area contributed by atoms with Crippen molar-refractivity contribution in [3.8, 4) is 0 Å². The van der Waals surface area contributed by atoms with Crippen molar-refractivity contribution in [3.05, 3.63) is 0 Å². The van der Waals surface area contributed by atoms with Gasteiger partial charge >= 0.3 is 11.9 Å². The summed E-state index contributed by atoms with van der Waals surface area (Å²) in [4.78, 5) is 20.0. The largest absolute Gasteiger partial charge is 0.480 e. The van der Waals surface area contributed by atoms with E-state index in [2.05, 4.69) is 25.3 Å². The number of hydrogen-bond donors (Lipinski definition) is 6. The van der Waals surface area contributed by atoms with Crippen molar-refractivity contribution in [1.82, 2.24) is 0 Å². The molecule has 9 heteroatoms. The molecule has 0 heterocycles. The van der Waals surface area contributed by atoms with Crippen LogP contribution >= 0.6 is 25.3 Å². The molecule has 6 nitrogen and oxygen atoms in total. The molecular weight excluding hydrogens is 292 g/mol. The van der Waals surface area contributed by atoms with E-state index in [0.29, 0.717) is 0 Å². The molecule has 0 fully saturated rings. The van der Waals surface area contributed by atoms with Crippen molar-refractivity contribution in [1.29, 1.82) is 0 Å². The number of carboxylic acids is 2. The van der Waals surface area contributed by atoms with Crippen molar-refractivity contribution in [2.75, 3.05) is 5.75 Å². The van der Waals surface area contributed by atoms with E-state index in [4.69, 9.17) is 21.7 Å². The minimum Gasteiger partial charge on any atom is -0.480 e. The summed E-state index contributed by atoms with van der Waals surface area (Å²) in [6.07, 6.45) is 0. The zero-order valence-electron chi connectivity index (χ0n) is 10.7. The lowest BCUT2D eigenvalue weighted by Gasteiger charge is -2.26. The van der Waals surface area contributed by atoms with Crippen LogP contribution in [-0.2, 0) is 9.59 Å². The van der Waals surface area contributed by atoms with Gasteiger partial charge < -0.3 is 21.7 Å². The van der Waals surface area contributed by atoms with E-state index in [9.17, 15) is 9.59 Å². The number of rotatable bonds is 5. The van der Waals surface area contributed by atoms with Crippen LogP contribution < -0.4 is 11.5 Å². The van der Waals surface area contributed by atoms with E-state index in [-0.39, 0.29) is 10.6 Å². The van der Waals surface area contributed by atoms with Gasteiger partial charge in [-0.3, -0.25) is 9.59 Å². The predicted molar refractivity (Wildman–Crippen MR) is 81.2 cm³/mol. The molecule has 0 spiro atoms. The van der Waals surface area contributed by atoms with Gasteiger partial charge in [0.25, 0.3) is 0 Å². The van der Waals surface area contributed by atoms with Crippen LogP contribution in [0.2, 0.25) is 19.6 Å². The van der Waals surface area contributed by atoms with Gasteiger partial charge in [0.05, 0.1) is 8.07 Å². The molecule has 0 aromatic heterocycles. The van der Waals surface area contributed by atoms with E-state index in [1.807, 2.05) is 19.6 Å². The van der Waals surface area contributed by atoms with Gasteiger partial charge in [-0.1, -0.05) is 19.6 Å². The van der Waals surface area contributed by atoms with Crippen LogP contribution in [0.4, 0.5) is 0 Å². The predicted octanol–water partition coefficient (Wildman–Crippen LogP) is -0.0978. The zero-order valence-corrected chi connectivity index (χ0v) is 13.5. The molecule has 0 saturated carbocycles. The Labute approximate surface area is 119 Å². The number of carboxylic acid groups (broad SMARTS) is 2. The maximum Gasteiger partial charge on any atom is 0.321 e. The monoisotopic (exact) mass is 314 g/mol. The fraction of sp³-hybridized carbons (Fsp3) is 0.778. The van der Waals surface area contributed by atoms with Crippen LogP contribution in [0.25, 0.3) is 0 Å². The molecule has 108 valence electrons. The van der Waals surface area contributed by atoms with Crippen LogP contribution in [0.15, 0.2) is 0 Å². The zero-order chi connectivity index (χ0) is 15.1. The lowest BCUT2D eigenvalue weighted by atomic mass is 10.4. The second kappa shape index (κ2) is 8.81. The van der Waals surface area contributed by atoms with Gasteiger partial charge in [0, 0.05) is 10.6 Å². The summed E-state index contributed by atoms with van der Waals surface area (Å²) in [7, 11) is -1.53. The molecule has 0 amide bonds. The van der Waals surface area contributed by atoms with E-state index in [0.717, 1.165) is 0 Å². The quantitative estimate of drug-likeness (QED) is 0.311. The van der Waals surface area contributed by atoms with E-state index in [1.54, 1.807) is 0 Å². The SMILES string of the molecule is C[Si](C)(C)C(S)[C@H](N)C(=O)O.N[C@@H](CS)C(=O)O. The first-order valence-corrected chi connectivity index (χ1v) is 9.93. The Morgan fingerprint density at radius 1 is 1.17 bits per heavy atom. The minimum absolute atomic E-state index is 0.181. The highest BCUT2D eigenvalue weighted by molar-refractivity contribution is 7.83. The molecule has 0 aromatic rings. The van der Waals surface area contributed by atoms with Crippen molar-refractivity contribution < 1.29 is 19.8 Å². The summed E-state index contributed by atoms with van der Waals surface area (Å²) in [5.74, 6) is -1.78. The highest BCUT2D eigenvalue weighted by atomic mass is 32.1. The first-order valence-electron chi connectivity index (χ1n) is 5.20. The van der Waals surface area contributed by atoms with Gasteiger partial charge in [-0.15, -0.1) is 0 Å². The molecule has 0 aliphatic carbocycles. The highest BCUT2D eigenvalue weighted by Crippen LogP contribution is 2.16. The molecule has 0 rings (SSSR count). The average molecular weight is 315 g/mol. The van der Waals surface area contributed by atoms with Gasteiger partial charge in [-0.25, -0.2) is 0 Å². The van der Waals surface area contributed by atoms with Crippen molar-refractivity contribution >= 4 is 45.3 Å². The van der Waals surface area contributed by atoms with Gasteiger partial charge in [0.2, 0.25) is 0 Å². The van der Waals surface area contributed by atoms with E-state index < -0.39 is 32.1 Å². The Kier molecular flexibility index (Phi) is 9.83. The molecule has 1 unspecified atom stereocenters. The van der Waals surface area contributed by atoms with Crippen LogP contribution in [0, 0.1) is 0 Å². The maximum atomic E-state index is 10.4. The number of carbonyl (C=O) groups is 2. The molecule has 0 aliphatic rings. The highest BCUT2D eigenvalue weighted by Gasteiger charge is 2.32. The Hall–Kier alpha value is -0.223. The van der Waals surface area contributed by atoms with Crippen LogP contribution in [0.5, 0.6) is 0 Å². The summed E-state index contributed by atoms with van der Waals surface area (Å²) in [6, 6.07) is -1.65. The second-order valence-electron chi connectivity index (χ2n) is 4.80. The van der Waals surface area contributed by atoms with Crippen LogP contribution in [0.1, 0.15) is 0 Å². The lowest BCUT2D eigenvalue weighted by Crippen LogP contribution is -2.51. The Morgan fingerprint density at radius 3 is 1.61 bits per heavy atom. The van der Waals surface area contributed by atoms with Gasteiger partial charge in [-0.05, 0) is 0 Å². The van der Waals surface area contributed by atoms with Gasteiger partial charge in [0.1, 0.15) is 12.1 Å². The number of nitrogens with two attached hydrogens (primary N) is 2. The molecule has 0 radical (unpaired) electrons. The molecule has 6 N–H and O–H groups in total. The van der Waals surface area contributed by atoms with Crippen molar-refractivity contribution in [2.24, 2.45) is 11.5 Å². The fourth-order valence-corrected chi connectivity index (χ4v) is 2.26. The normalized spacial score (nSPS) is 15.9. The number of hydrogen-bond acceptors (Lipinski definition) is 6. The van der Waals surface area contributed by atoms with Gasteiger partial charge in [-0.2, -0.15) is 25.3 Å². The molecular formula is C9H22N2O4S2Si. The first-order chi connectivity index (χ1) is 7.95. The molecule has 0 bridgehead atoms. The summed E-state index contributed by atoms with van der Waals surface area (Å²) in [6.45, 7) is 6.15. The van der Waals surface area contributed by atoms with Crippen LogP contribution in [-0.4, -0.2) is 52.9 Å². The average Bonchev–Trinajstić information content (AvgIpc) is 2.25. The molecule has 0 saturated heterocycles. The fourth-order valence-electron chi connectivity index (χ4n) is 0.752. The Bertz CT molecular complexity index is 286. The van der Waals surface area contributed by atoms with Crippen molar-refractivity contribution in [2.45, 2.75) is 36.6 Å². The smallest absolute Gasteiger partial charge is 0.321 e. The second-order valence-corrected chi connectivity index (χ2v) is 11.6. The minimum atomic E-state index is -1.53. The topological polar surface area (TPSA) is 127 Å². The summed E-state index contributed by atoms with van der Waals surface area (Å²) < 4.78 is 0. The first kappa shape index (κ1) is 20.1. The van der Waals surface area contributed by atoms with E-state index in [1.165, 1.54) is 0 Å². The third-order valence-electron chi connectivity index (χ3n) is 2.03. The number of aliphatic carboxylic acids is 2. The van der Waals surface area contributed by atoms with Crippen molar-refractivity contribution in [3.63, 3.8) is 0 Å². The standard InChI is InChI=1S/C6H15NO2SSi.C3H7NO2S/c1-11(2,3)6(10)4(7)5(8)9;4-2(1-7)3(5)6/h4,6,10H,7H2,1-3H3,(H,8,9);2,7H,1,4H2,(H,5,6)/t4-,6?;2-/m10/s1. The Morgan fingerprint density at radius 2 is 1.56 bits per heavy atom. The summed E-state index contributed by atoms with van der Waals surface area (Å²) in [5, 5.41) is 16.6.